The Bertz CT molecular complexity index is 637. The van der Waals surface area contributed by atoms with Crippen LogP contribution in [0.3, 0.4) is 0 Å². The number of benzene rings is 1. The lowest BCUT2D eigenvalue weighted by Gasteiger charge is -2.29. The smallest absolute Gasteiger partial charge is 0.244 e. The molecule has 1 atom stereocenters. The molecule has 5 nitrogen and oxygen atoms in total. The number of aromatic nitrogens is 2. The number of imidazole rings is 1. The fourth-order valence-electron chi connectivity index (χ4n) is 2.62. The highest BCUT2D eigenvalue weighted by atomic mass is 19.1. The van der Waals surface area contributed by atoms with Gasteiger partial charge in [0.1, 0.15) is 5.82 Å². The van der Waals surface area contributed by atoms with Crippen LogP contribution in [0.5, 0.6) is 0 Å². The Hall–Kier alpha value is -2.21. The lowest BCUT2D eigenvalue weighted by atomic mass is 10.0. The van der Waals surface area contributed by atoms with Crippen LogP contribution in [-0.4, -0.2) is 28.5 Å². The van der Waals surface area contributed by atoms with Crippen molar-refractivity contribution in [2.45, 2.75) is 25.9 Å². The largest absolute Gasteiger partial charge is 0.347 e. The van der Waals surface area contributed by atoms with Crippen LogP contribution in [0.1, 0.15) is 18.3 Å². The number of hydrogen-bond acceptors (Lipinski definition) is 3. The third-order valence-electron chi connectivity index (χ3n) is 3.75. The van der Waals surface area contributed by atoms with E-state index in [-0.39, 0.29) is 17.8 Å². The molecule has 1 aliphatic rings. The average molecular weight is 288 g/mol. The van der Waals surface area contributed by atoms with E-state index in [0.29, 0.717) is 25.2 Å². The number of nitrogens with one attached hydrogen (secondary N) is 2. The number of amides is 1. The lowest BCUT2D eigenvalue weighted by molar-refractivity contribution is -0.120. The SMILES string of the molecule is CCN(C(=O)C1Cc2nc[nH]c2CN1)c1ccc(F)cc1. The van der Waals surface area contributed by atoms with Gasteiger partial charge in [-0.1, -0.05) is 0 Å². The number of anilines is 1. The first kappa shape index (κ1) is 13.8. The van der Waals surface area contributed by atoms with Gasteiger partial charge in [0.25, 0.3) is 0 Å². The van der Waals surface area contributed by atoms with Crippen LogP contribution in [0.25, 0.3) is 0 Å². The quantitative estimate of drug-likeness (QED) is 0.902. The topological polar surface area (TPSA) is 61.0 Å². The minimum atomic E-state index is -0.306. The molecule has 0 saturated heterocycles. The van der Waals surface area contributed by atoms with Crippen LogP contribution < -0.4 is 10.2 Å². The summed E-state index contributed by atoms with van der Waals surface area (Å²) in [5.74, 6) is -0.322. The Kier molecular flexibility index (Phi) is 3.70. The maximum Gasteiger partial charge on any atom is 0.244 e. The fraction of sp³-hybridized carbons (Fsp3) is 0.333. The molecule has 1 unspecified atom stereocenters. The van der Waals surface area contributed by atoms with E-state index in [0.717, 1.165) is 11.4 Å². The number of nitrogens with zero attached hydrogens (tertiary/aromatic N) is 2. The molecule has 6 heteroatoms. The zero-order valence-corrected chi connectivity index (χ0v) is 11.8. The first-order valence-electron chi connectivity index (χ1n) is 7.00. The van der Waals surface area contributed by atoms with E-state index in [2.05, 4.69) is 15.3 Å². The summed E-state index contributed by atoms with van der Waals surface area (Å²) in [6.07, 6.45) is 2.21. The molecular weight excluding hydrogens is 271 g/mol. The number of hydrogen-bond donors (Lipinski definition) is 2. The van der Waals surface area contributed by atoms with Crippen molar-refractivity contribution in [3.8, 4) is 0 Å². The van der Waals surface area contributed by atoms with E-state index in [1.165, 1.54) is 12.1 Å². The van der Waals surface area contributed by atoms with Gasteiger partial charge in [0.05, 0.1) is 23.8 Å². The molecule has 0 bridgehead atoms. The predicted octanol–water partition coefficient (Wildman–Crippen LogP) is 1.62. The summed E-state index contributed by atoms with van der Waals surface area (Å²) >= 11 is 0. The predicted molar refractivity (Wildman–Crippen MR) is 77.3 cm³/mol. The number of carbonyl (C=O) groups is 1. The fourth-order valence-corrected chi connectivity index (χ4v) is 2.62. The third-order valence-corrected chi connectivity index (χ3v) is 3.75. The van der Waals surface area contributed by atoms with Gasteiger partial charge in [-0.05, 0) is 31.2 Å². The molecule has 0 radical (unpaired) electrons. The number of halogens is 1. The summed E-state index contributed by atoms with van der Waals surface area (Å²) in [5, 5.41) is 3.22. The minimum Gasteiger partial charge on any atom is -0.347 e. The van der Waals surface area contributed by atoms with Gasteiger partial charge in [-0.15, -0.1) is 0 Å². The van der Waals surface area contributed by atoms with Gasteiger partial charge in [-0.25, -0.2) is 9.37 Å². The maximum absolute atomic E-state index is 13.0. The van der Waals surface area contributed by atoms with E-state index >= 15 is 0 Å². The number of fused-ring (bicyclic) bond motifs is 1. The number of aromatic amines is 1. The molecule has 1 aromatic heterocycles. The molecule has 1 aromatic carbocycles. The van der Waals surface area contributed by atoms with Crippen molar-refractivity contribution in [3.63, 3.8) is 0 Å². The standard InChI is InChI=1S/C15H17FN4O/c1-2-20(11-5-3-10(16)4-6-11)15(21)13-7-12-14(8-17-13)19-9-18-12/h3-6,9,13,17H,2,7-8H2,1H3,(H,18,19). The van der Waals surface area contributed by atoms with Crippen molar-refractivity contribution in [1.82, 2.24) is 15.3 Å². The van der Waals surface area contributed by atoms with E-state index in [4.69, 9.17) is 0 Å². The van der Waals surface area contributed by atoms with Crippen LogP contribution in [-0.2, 0) is 17.8 Å². The van der Waals surface area contributed by atoms with Gasteiger partial charge >= 0.3 is 0 Å². The monoisotopic (exact) mass is 288 g/mol. The maximum atomic E-state index is 13.0. The zero-order valence-electron chi connectivity index (χ0n) is 11.8. The second-order valence-electron chi connectivity index (χ2n) is 5.02. The molecule has 0 saturated carbocycles. The van der Waals surface area contributed by atoms with Crippen LogP contribution in [0.15, 0.2) is 30.6 Å². The van der Waals surface area contributed by atoms with Crippen LogP contribution in [0, 0.1) is 5.82 Å². The van der Waals surface area contributed by atoms with Gasteiger partial charge in [0.2, 0.25) is 5.91 Å². The van der Waals surface area contributed by atoms with Gasteiger partial charge in [0.15, 0.2) is 0 Å². The number of rotatable bonds is 3. The Labute approximate surface area is 122 Å². The lowest BCUT2D eigenvalue weighted by Crippen LogP contribution is -2.49. The van der Waals surface area contributed by atoms with Gasteiger partial charge < -0.3 is 9.88 Å². The average Bonchev–Trinajstić information content (AvgIpc) is 2.97. The molecule has 0 aliphatic carbocycles. The number of carbonyl (C=O) groups excluding carboxylic acids is 1. The number of H-pyrrole nitrogens is 1. The molecule has 21 heavy (non-hydrogen) atoms. The summed E-state index contributed by atoms with van der Waals surface area (Å²) < 4.78 is 13.0. The summed E-state index contributed by atoms with van der Waals surface area (Å²) in [4.78, 5) is 21.6. The normalized spacial score (nSPS) is 17.3. The highest BCUT2D eigenvalue weighted by Crippen LogP contribution is 2.19. The first-order valence-corrected chi connectivity index (χ1v) is 7.00. The first-order chi connectivity index (χ1) is 10.2. The molecular formula is C15H17FN4O. The van der Waals surface area contributed by atoms with Crippen molar-refractivity contribution in [1.29, 1.82) is 0 Å². The van der Waals surface area contributed by atoms with Crippen LogP contribution in [0.4, 0.5) is 10.1 Å². The molecule has 1 amide bonds. The summed E-state index contributed by atoms with van der Waals surface area (Å²) in [7, 11) is 0. The van der Waals surface area contributed by atoms with E-state index < -0.39 is 0 Å². The van der Waals surface area contributed by atoms with Crippen molar-refractivity contribution < 1.29 is 9.18 Å². The summed E-state index contributed by atoms with van der Waals surface area (Å²) in [6.45, 7) is 3.05. The number of likely N-dealkylation sites (N-methyl/N-ethyl adjacent to an activating group) is 1. The minimum absolute atomic E-state index is 0.0160. The third kappa shape index (κ3) is 2.67. The molecule has 0 fully saturated rings. The van der Waals surface area contributed by atoms with E-state index in [1.807, 2.05) is 6.92 Å². The van der Waals surface area contributed by atoms with Crippen molar-refractivity contribution in [2.75, 3.05) is 11.4 Å². The molecule has 2 aromatic rings. The molecule has 2 N–H and O–H groups in total. The molecule has 0 spiro atoms. The second-order valence-corrected chi connectivity index (χ2v) is 5.02. The molecule has 3 rings (SSSR count). The Morgan fingerprint density at radius 3 is 2.90 bits per heavy atom. The zero-order chi connectivity index (χ0) is 14.8. The second kappa shape index (κ2) is 5.65. The van der Waals surface area contributed by atoms with Crippen molar-refractivity contribution >= 4 is 11.6 Å². The van der Waals surface area contributed by atoms with Crippen LogP contribution in [0.2, 0.25) is 0 Å². The van der Waals surface area contributed by atoms with Gasteiger partial charge in [0, 0.05) is 25.2 Å². The van der Waals surface area contributed by atoms with Gasteiger partial charge in [-0.3, -0.25) is 10.1 Å². The molecule has 110 valence electrons. The summed E-state index contributed by atoms with van der Waals surface area (Å²) in [6, 6.07) is 5.68. The molecule has 2 heterocycles. The van der Waals surface area contributed by atoms with Crippen LogP contribution >= 0.6 is 0 Å². The van der Waals surface area contributed by atoms with E-state index in [1.54, 1.807) is 23.4 Å². The van der Waals surface area contributed by atoms with Gasteiger partial charge in [-0.2, -0.15) is 0 Å². The Balaban J connectivity index is 1.78. The Morgan fingerprint density at radius 2 is 2.19 bits per heavy atom. The highest BCUT2D eigenvalue weighted by molar-refractivity contribution is 5.97. The van der Waals surface area contributed by atoms with E-state index in [9.17, 15) is 9.18 Å². The Morgan fingerprint density at radius 1 is 1.43 bits per heavy atom. The highest BCUT2D eigenvalue weighted by Gasteiger charge is 2.29. The summed E-state index contributed by atoms with van der Waals surface area (Å²) in [5.41, 5.74) is 2.67. The van der Waals surface area contributed by atoms with Crippen molar-refractivity contribution in [2.24, 2.45) is 0 Å². The molecule has 1 aliphatic heterocycles. The van der Waals surface area contributed by atoms with Crippen molar-refractivity contribution in [3.05, 3.63) is 47.8 Å².